The molecule has 294 valence electrons. The molecule has 4 unspecified atom stereocenters. The molecule has 5 aromatic rings. The third-order valence-corrected chi connectivity index (χ3v) is 10.4. The highest BCUT2D eigenvalue weighted by atomic mass is 16.5. The number of amides is 4. The van der Waals surface area contributed by atoms with E-state index in [0.29, 0.717) is 48.9 Å². The zero-order valence-corrected chi connectivity index (χ0v) is 31.1. The number of aromatic nitrogens is 4. The molecule has 2 fully saturated rings. The third-order valence-electron chi connectivity index (χ3n) is 10.4. The number of furan rings is 1. The Bertz CT molecular complexity index is 2230. The molecular formula is C39H44N8O9. The molecule has 2 aromatic carbocycles. The Morgan fingerprint density at radius 3 is 1.84 bits per heavy atom. The average Bonchev–Trinajstić information content (AvgIpc) is 4.03. The van der Waals surface area contributed by atoms with Crippen molar-refractivity contribution in [2.75, 3.05) is 20.2 Å². The van der Waals surface area contributed by atoms with Crippen molar-refractivity contribution >= 4 is 35.0 Å². The first kappa shape index (κ1) is 38.1. The molecule has 17 heteroatoms. The summed E-state index contributed by atoms with van der Waals surface area (Å²) in [5, 5.41) is 34.9. The van der Waals surface area contributed by atoms with Crippen LogP contribution >= 0.6 is 0 Å². The summed E-state index contributed by atoms with van der Waals surface area (Å²) in [5.41, 5.74) is 4.82. The van der Waals surface area contributed by atoms with Crippen molar-refractivity contribution in [2.24, 2.45) is 0 Å². The molecule has 17 nitrogen and oxygen atoms in total. The van der Waals surface area contributed by atoms with E-state index in [9.17, 15) is 34.5 Å². The summed E-state index contributed by atoms with van der Waals surface area (Å²) in [6, 6.07) is 12.4. The second-order valence-corrected chi connectivity index (χ2v) is 14.2. The van der Waals surface area contributed by atoms with Crippen LogP contribution in [0, 0.1) is 0 Å². The summed E-state index contributed by atoms with van der Waals surface area (Å²) < 4.78 is 10.9. The van der Waals surface area contributed by atoms with Crippen LogP contribution in [0.15, 0.2) is 65.3 Å². The smallest absolute Gasteiger partial charge is 0.407 e. The molecule has 0 radical (unpaired) electrons. The van der Waals surface area contributed by atoms with Crippen LogP contribution in [0.4, 0.5) is 9.59 Å². The van der Waals surface area contributed by atoms with Gasteiger partial charge in [-0.2, -0.15) is 0 Å². The number of ether oxygens (including phenoxy) is 1. The minimum Gasteiger partial charge on any atom is -0.465 e. The first-order chi connectivity index (χ1) is 26.9. The number of rotatable bonds is 11. The molecule has 7 N–H and O–H groups in total. The molecule has 0 spiro atoms. The number of carboxylic acid groups (broad SMARTS) is 1. The molecule has 0 saturated carbocycles. The van der Waals surface area contributed by atoms with Crippen LogP contribution in [0.3, 0.4) is 0 Å². The number of hydrogen-bond acceptors (Lipinski definition) is 10. The van der Waals surface area contributed by atoms with Gasteiger partial charge in [0, 0.05) is 29.6 Å². The molecule has 2 aliphatic heterocycles. The number of benzene rings is 2. The van der Waals surface area contributed by atoms with Gasteiger partial charge in [0.15, 0.2) is 0 Å². The van der Waals surface area contributed by atoms with Gasteiger partial charge >= 0.3 is 12.2 Å². The Morgan fingerprint density at radius 2 is 1.30 bits per heavy atom. The van der Waals surface area contributed by atoms with E-state index >= 15 is 0 Å². The van der Waals surface area contributed by atoms with Gasteiger partial charge in [-0.05, 0) is 69.4 Å². The van der Waals surface area contributed by atoms with Crippen LogP contribution in [-0.2, 0) is 14.3 Å². The zero-order valence-electron chi connectivity index (χ0n) is 31.1. The number of likely N-dealkylation sites (tertiary alicyclic amines) is 2. The standard InChI is InChI=1S/C39H44N8O9/c1-20(48)32(44-38(52)53)36(50)46-14-4-6-28(46)34-40-18-26(42-34)22-8-10-23(11-9-22)31-17-25-16-24(12-13-30(25)56-31)27-19-41-35(43-27)29-7-5-15-47(29)37(51)33(21(2)49)45-39(54)55-3/h8-13,16-21,28-29,32-33,44,48-49H,4-7,14-15H2,1-3H3,(H,40,42)(H,41,43)(H,45,54)(H,52,53)/t20?,21?,28-,29-,32?,33?/m0/s1. The number of methoxy groups -OCH3 is 1. The van der Waals surface area contributed by atoms with E-state index in [2.05, 4.69) is 35.3 Å². The van der Waals surface area contributed by atoms with Gasteiger partial charge in [0.1, 0.15) is 35.1 Å². The van der Waals surface area contributed by atoms with Gasteiger partial charge in [-0.1, -0.05) is 24.3 Å². The maximum absolute atomic E-state index is 13.4. The quantitative estimate of drug-likeness (QED) is 0.0998. The van der Waals surface area contributed by atoms with Crippen molar-refractivity contribution < 1.29 is 43.7 Å². The summed E-state index contributed by atoms with van der Waals surface area (Å²) in [6.07, 6.45) is 1.70. The van der Waals surface area contributed by atoms with Gasteiger partial charge in [-0.15, -0.1) is 0 Å². The number of carbonyl (C=O) groups excluding carboxylic acids is 3. The fourth-order valence-corrected chi connectivity index (χ4v) is 7.56. The van der Waals surface area contributed by atoms with E-state index in [1.165, 1.54) is 21.0 Å². The molecule has 2 aliphatic rings. The summed E-state index contributed by atoms with van der Waals surface area (Å²) in [7, 11) is 1.20. The highest BCUT2D eigenvalue weighted by Crippen LogP contribution is 2.36. The summed E-state index contributed by atoms with van der Waals surface area (Å²) in [6.45, 7) is 3.70. The Morgan fingerprint density at radius 1 is 0.786 bits per heavy atom. The van der Waals surface area contributed by atoms with Crippen LogP contribution < -0.4 is 10.6 Å². The van der Waals surface area contributed by atoms with Gasteiger partial charge in [0.05, 0.1) is 55.2 Å². The molecule has 7 rings (SSSR count). The number of nitrogens with zero attached hydrogens (tertiary/aromatic N) is 4. The molecule has 3 aromatic heterocycles. The lowest BCUT2D eigenvalue weighted by atomic mass is 10.1. The number of imidazole rings is 2. The van der Waals surface area contributed by atoms with Crippen molar-refractivity contribution in [2.45, 2.75) is 75.9 Å². The highest BCUT2D eigenvalue weighted by Gasteiger charge is 2.39. The van der Waals surface area contributed by atoms with Crippen LogP contribution in [0.2, 0.25) is 0 Å². The number of alkyl carbamates (subject to hydrolysis) is 1. The van der Waals surface area contributed by atoms with Crippen molar-refractivity contribution in [3.05, 3.63) is 72.6 Å². The number of aliphatic hydroxyl groups excluding tert-OH is 2. The number of nitrogens with one attached hydrogen (secondary N) is 4. The van der Waals surface area contributed by atoms with E-state index in [4.69, 9.17) is 4.42 Å². The van der Waals surface area contributed by atoms with Gasteiger partial charge in [0.25, 0.3) is 0 Å². The molecule has 56 heavy (non-hydrogen) atoms. The van der Waals surface area contributed by atoms with Crippen LogP contribution in [0.1, 0.15) is 63.3 Å². The molecule has 0 bridgehead atoms. The van der Waals surface area contributed by atoms with Crippen LogP contribution in [0.5, 0.6) is 0 Å². The van der Waals surface area contributed by atoms with Gasteiger partial charge < -0.3 is 54.9 Å². The number of hydrogen-bond donors (Lipinski definition) is 7. The van der Waals surface area contributed by atoms with Gasteiger partial charge in [0.2, 0.25) is 11.8 Å². The number of H-pyrrole nitrogens is 2. The van der Waals surface area contributed by atoms with E-state index in [1.807, 2.05) is 48.5 Å². The predicted octanol–water partition coefficient (Wildman–Crippen LogP) is 4.33. The third kappa shape index (κ3) is 7.67. The normalized spacial score (nSPS) is 19.1. The lowest BCUT2D eigenvalue weighted by Crippen LogP contribution is -2.53. The largest absolute Gasteiger partial charge is 0.465 e. The number of carbonyl (C=O) groups is 4. The summed E-state index contributed by atoms with van der Waals surface area (Å²) in [4.78, 5) is 68.8. The molecule has 5 heterocycles. The monoisotopic (exact) mass is 768 g/mol. The summed E-state index contributed by atoms with van der Waals surface area (Å²) >= 11 is 0. The maximum atomic E-state index is 13.4. The van der Waals surface area contributed by atoms with Gasteiger partial charge in [-0.3, -0.25) is 9.59 Å². The first-order valence-corrected chi connectivity index (χ1v) is 18.5. The summed E-state index contributed by atoms with van der Waals surface area (Å²) in [5.74, 6) is 0.959. The second-order valence-electron chi connectivity index (χ2n) is 14.2. The highest BCUT2D eigenvalue weighted by molar-refractivity contribution is 5.88. The molecule has 4 amide bonds. The lowest BCUT2D eigenvalue weighted by Gasteiger charge is -2.29. The van der Waals surface area contributed by atoms with E-state index in [1.54, 1.807) is 22.2 Å². The Labute approximate surface area is 321 Å². The molecule has 6 atom stereocenters. The fourth-order valence-electron chi connectivity index (χ4n) is 7.56. The Balaban J connectivity index is 1.04. The first-order valence-electron chi connectivity index (χ1n) is 18.5. The van der Waals surface area contributed by atoms with Crippen molar-refractivity contribution in [3.8, 4) is 33.8 Å². The number of fused-ring (bicyclic) bond motifs is 1. The molecule has 0 aliphatic carbocycles. The van der Waals surface area contributed by atoms with E-state index < -0.39 is 48.3 Å². The van der Waals surface area contributed by atoms with Crippen LogP contribution in [-0.4, -0.2) is 114 Å². The van der Waals surface area contributed by atoms with Crippen molar-refractivity contribution in [1.82, 2.24) is 40.4 Å². The average molecular weight is 769 g/mol. The minimum atomic E-state index is -1.38. The maximum Gasteiger partial charge on any atom is 0.407 e. The Hall–Kier alpha value is -6.20. The number of aliphatic hydroxyl groups is 2. The molecule has 2 saturated heterocycles. The van der Waals surface area contributed by atoms with Crippen molar-refractivity contribution in [1.29, 1.82) is 0 Å². The van der Waals surface area contributed by atoms with Crippen molar-refractivity contribution in [3.63, 3.8) is 0 Å². The number of aromatic amines is 2. The second kappa shape index (κ2) is 15.9. The van der Waals surface area contributed by atoms with Crippen LogP contribution in [0.25, 0.3) is 44.8 Å². The topological polar surface area (TPSA) is 239 Å². The lowest BCUT2D eigenvalue weighted by molar-refractivity contribution is -0.137. The van der Waals surface area contributed by atoms with Gasteiger partial charge in [-0.25, -0.2) is 19.6 Å². The Kier molecular flexibility index (Phi) is 10.8. The predicted molar refractivity (Wildman–Crippen MR) is 202 cm³/mol. The zero-order chi connectivity index (χ0) is 39.7. The SMILES string of the molecule is COC(=O)NC(C(=O)N1CCC[C@H]1c1ncc(-c2ccc3oc(-c4ccc(-c5cnc([C@@H]6CCCN6C(=O)C(NC(=O)O)C(C)O)[nH]5)cc4)cc3c2)[nH]1)C(C)O. The minimum absolute atomic E-state index is 0.351. The van der Waals surface area contributed by atoms with E-state index in [-0.39, 0.29) is 12.1 Å². The fraction of sp³-hybridized carbons (Fsp3) is 0.385. The van der Waals surface area contributed by atoms with E-state index in [0.717, 1.165) is 46.3 Å². The molecular weight excluding hydrogens is 724 g/mol.